The summed E-state index contributed by atoms with van der Waals surface area (Å²) < 4.78 is 19.1. The lowest BCUT2D eigenvalue weighted by molar-refractivity contribution is -0.116. The van der Waals surface area contributed by atoms with Gasteiger partial charge in [-0.25, -0.2) is 9.18 Å². The first kappa shape index (κ1) is 14.5. The maximum absolute atomic E-state index is 13.4. The molecule has 1 amide bonds. The van der Waals surface area contributed by atoms with Gasteiger partial charge in [0.25, 0.3) is 0 Å². The summed E-state index contributed by atoms with van der Waals surface area (Å²) in [5.41, 5.74) is 5.68. The molecule has 8 heteroatoms. The number of rotatable bonds is 4. The Kier molecular flexibility index (Phi) is 4.17. The maximum Gasteiger partial charge on any atom is 0.360 e. The molecule has 2 rings (SSSR count). The molecule has 0 aliphatic carbocycles. The van der Waals surface area contributed by atoms with Crippen LogP contribution >= 0.6 is 0 Å². The lowest BCUT2D eigenvalue weighted by Gasteiger charge is -2.06. The summed E-state index contributed by atoms with van der Waals surface area (Å²) in [4.78, 5) is 23.1. The Morgan fingerprint density at radius 3 is 2.81 bits per heavy atom. The fourth-order valence-electron chi connectivity index (χ4n) is 1.67. The van der Waals surface area contributed by atoms with E-state index in [1.165, 1.54) is 36.2 Å². The average Bonchev–Trinajstić information content (AvgIpc) is 2.81. The van der Waals surface area contributed by atoms with Crippen LogP contribution in [-0.4, -0.2) is 28.8 Å². The molecule has 21 heavy (non-hydrogen) atoms. The number of nitrogens with two attached hydrogens (primary N) is 1. The summed E-state index contributed by atoms with van der Waals surface area (Å²) in [7, 11) is 1.20. The Labute approximate surface area is 119 Å². The molecule has 0 unspecified atom stereocenters. The van der Waals surface area contributed by atoms with Gasteiger partial charge in [0.2, 0.25) is 5.91 Å². The summed E-state index contributed by atoms with van der Waals surface area (Å²) in [5, 5.41) is 6.25. The monoisotopic (exact) mass is 292 g/mol. The Morgan fingerprint density at radius 2 is 2.14 bits per heavy atom. The number of amides is 1. The number of hydrogen-bond donors (Lipinski definition) is 2. The number of halogens is 1. The smallest absolute Gasteiger partial charge is 0.360 e. The molecular formula is C13H13FN4O3. The van der Waals surface area contributed by atoms with Crippen LogP contribution in [0.2, 0.25) is 0 Å². The van der Waals surface area contributed by atoms with Crippen LogP contribution in [0.1, 0.15) is 10.5 Å². The zero-order chi connectivity index (χ0) is 15.4. The minimum atomic E-state index is -0.694. The molecule has 2 aromatic rings. The topological polar surface area (TPSA) is 99.2 Å². The number of aromatic nitrogens is 2. The number of ether oxygens (including phenoxy) is 1. The third-order valence-electron chi connectivity index (χ3n) is 2.62. The van der Waals surface area contributed by atoms with Crippen LogP contribution in [0.25, 0.3) is 0 Å². The number of nitrogens with zero attached hydrogens (tertiary/aromatic N) is 2. The van der Waals surface area contributed by atoms with Crippen LogP contribution in [0.3, 0.4) is 0 Å². The highest BCUT2D eigenvalue weighted by atomic mass is 19.1. The van der Waals surface area contributed by atoms with E-state index in [0.717, 1.165) is 0 Å². The van der Waals surface area contributed by atoms with Gasteiger partial charge in [0.15, 0.2) is 5.69 Å². The second kappa shape index (κ2) is 6.04. The molecule has 1 aromatic heterocycles. The van der Waals surface area contributed by atoms with E-state index in [2.05, 4.69) is 15.2 Å². The van der Waals surface area contributed by atoms with Crippen molar-refractivity contribution in [3.63, 3.8) is 0 Å². The number of hydrogen-bond acceptors (Lipinski definition) is 5. The quantitative estimate of drug-likeness (QED) is 0.820. The molecule has 1 heterocycles. The van der Waals surface area contributed by atoms with Crippen molar-refractivity contribution in [2.24, 2.45) is 0 Å². The van der Waals surface area contributed by atoms with E-state index in [0.29, 0.717) is 0 Å². The molecule has 0 atom stereocenters. The van der Waals surface area contributed by atoms with Gasteiger partial charge < -0.3 is 15.8 Å². The minimum Gasteiger partial charge on any atom is -0.464 e. The molecule has 0 spiro atoms. The zero-order valence-corrected chi connectivity index (χ0v) is 11.2. The molecule has 3 N–H and O–H groups in total. The molecule has 0 radical (unpaired) electrons. The van der Waals surface area contributed by atoms with Crippen LogP contribution in [0.5, 0.6) is 0 Å². The Bertz CT molecular complexity index is 684. The lowest BCUT2D eigenvalue weighted by Crippen LogP contribution is -2.20. The van der Waals surface area contributed by atoms with E-state index in [4.69, 9.17) is 5.73 Å². The van der Waals surface area contributed by atoms with Crippen LogP contribution in [-0.2, 0) is 16.1 Å². The lowest BCUT2D eigenvalue weighted by atomic mass is 10.3. The first-order valence-corrected chi connectivity index (χ1v) is 5.97. The van der Waals surface area contributed by atoms with Crippen LogP contribution in [0.4, 0.5) is 15.8 Å². The van der Waals surface area contributed by atoms with Gasteiger partial charge in [0.1, 0.15) is 12.4 Å². The summed E-state index contributed by atoms with van der Waals surface area (Å²) >= 11 is 0. The standard InChI is InChI=1S/C13H13FN4O3/c1-21-13(20)12-9(15)6-18(17-12)7-11(19)16-10-5-3-2-4-8(10)14/h2-6H,7,15H2,1H3,(H,16,19). The average molecular weight is 292 g/mol. The van der Waals surface area contributed by atoms with Crippen LogP contribution in [0.15, 0.2) is 30.5 Å². The number of methoxy groups -OCH3 is 1. The molecule has 110 valence electrons. The molecule has 7 nitrogen and oxygen atoms in total. The molecule has 0 aliphatic rings. The number of anilines is 2. The molecule has 0 aliphatic heterocycles. The van der Waals surface area contributed by atoms with E-state index >= 15 is 0 Å². The van der Waals surface area contributed by atoms with E-state index in [9.17, 15) is 14.0 Å². The van der Waals surface area contributed by atoms with Crippen LogP contribution in [0, 0.1) is 5.82 Å². The van der Waals surface area contributed by atoms with Gasteiger partial charge in [0.05, 0.1) is 18.5 Å². The molecule has 0 bridgehead atoms. The van der Waals surface area contributed by atoms with Crippen molar-refractivity contribution in [3.05, 3.63) is 42.0 Å². The van der Waals surface area contributed by atoms with Crippen molar-refractivity contribution in [2.75, 3.05) is 18.2 Å². The van der Waals surface area contributed by atoms with Gasteiger partial charge in [-0.15, -0.1) is 0 Å². The third kappa shape index (κ3) is 3.35. The number of carbonyl (C=O) groups is 2. The second-order valence-corrected chi connectivity index (χ2v) is 4.15. The van der Waals surface area contributed by atoms with Crippen LogP contribution < -0.4 is 11.1 Å². The van der Waals surface area contributed by atoms with Gasteiger partial charge >= 0.3 is 5.97 Å². The number of nitrogens with one attached hydrogen (secondary N) is 1. The van der Waals surface area contributed by atoms with Gasteiger partial charge in [-0.1, -0.05) is 12.1 Å². The summed E-state index contributed by atoms with van der Waals surface area (Å²) in [6, 6.07) is 5.78. The van der Waals surface area contributed by atoms with Gasteiger partial charge in [0, 0.05) is 6.20 Å². The van der Waals surface area contributed by atoms with E-state index in [1.807, 2.05) is 0 Å². The predicted octanol–water partition coefficient (Wildman–Crippen LogP) is 1.03. The summed E-state index contributed by atoms with van der Waals surface area (Å²) in [6.45, 7) is -0.213. The summed E-state index contributed by atoms with van der Waals surface area (Å²) in [5.74, 6) is -1.74. The van der Waals surface area contributed by atoms with Crippen molar-refractivity contribution in [1.82, 2.24) is 9.78 Å². The third-order valence-corrected chi connectivity index (χ3v) is 2.62. The van der Waals surface area contributed by atoms with Gasteiger partial charge in [-0.05, 0) is 12.1 Å². The maximum atomic E-state index is 13.4. The summed E-state index contributed by atoms with van der Waals surface area (Å²) in [6.07, 6.45) is 1.33. The Morgan fingerprint density at radius 1 is 1.43 bits per heavy atom. The second-order valence-electron chi connectivity index (χ2n) is 4.15. The van der Waals surface area contributed by atoms with Crippen molar-refractivity contribution >= 4 is 23.3 Å². The van der Waals surface area contributed by atoms with Crippen molar-refractivity contribution < 1.29 is 18.7 Å². The zero-order valence-electron chi connectivity index (χ0n) is 11.2. The van der Waals surface area contributed by atoms with E-state index in [-0.39, 0.29) is 23.6 Å². The predicted molar refractivity (Wildman–Crippen MR) is 73.0 cm³/mol. The first-order chi connectivity index (χ1) is 10.0. The molecule has 0 fully saturated rings. The minimum absolute atomic E-state index is 0.0656. The number of benzene rings is 1. The highest BCUT2D eigenvalue weighted by Gasteiger charge is 2.16. The number of esters is 1. The molecule has 0 saturated heterocycles. The van der Waals surface area contributed by atoms with E-state index in [1.54, 1.807) is 6.07 Å². The van der Waals surface area contributed by atoms with Crippen molar-refractivity contribution in [3.8, 4) is 0 Å². The highest BCUT2D eigenvalue weighted by molar-refractivity contribution is 5.93. The Balaban J connectivity index is 2.07. The normalized spacial score (nSPS) is 10.2. The molecular weight excluding hydrogens is 279 g/mol. The van der Waals surface area contributed by atoms with Gasteiger partial charge in [-0.2, -0.15) is 5.10 Å². The fraction of sp³-hybridized carbons (Fsp3) is 0.154. The van der Waals surface area contributed by atoms with Gasteiger partial charge in [-0.3, -0.25) is 9.48 Å². The van der Waals surface area contributed by atoms with Crippen molar-refractivity contribution in [2.45, 2.75) is 6.54 Å². The number of carbonyl (C=O) groups excluding carboxylic acids is 2. The first-order valence-electron chi connectivity index (χ1n) is 5.97. The van der Waals surface area contributed by atoms with E-state index < -0.39 is 17.7 Å². The van der Waals surface area contributed by atoms with Crippen molar-refractivity contribution in [1.29, 1.82) is 0 Å². The number of nitrogen functional groups attached to an aromatic ring is 1. The Hall–Kier alpha value is -2.90. The molecule has 0 saturated carbocycles. The SMILES string of the molecule is COC(=O)c1nn(CC(=O)Nc2ccccc2F)cc1N. The fourth-order valence-corrected chi connectivity index (χ4v) is 1.67. The highest BCUT2D eigenvalue weighted by Crippen LogP contribution is 2.13. The largest absolute Gasteiger partial charge is 0.464 e. The molecule has 1 aromatic carbocycles. The number of para-hydroxylation sites is 1.